The molecule has 0 bridgehead atoms. The van der Waals surface area contributed by atoms with Gasteiger partial charge in [-0.3, -0.25) is 4.90 Å². The molecule has 1 aromatic heterocycles. The molecule has 2 aromatic rings. The third-order valence-corrected chi connectivity index (χ3v) is 4.67. The number of methoxy groups -OCH3 is 1. The standard InChI is InChI=1S/C19H29N5O2/c1-22(2)12-13-26-15-19-21-20-18-8-9-23(10-11-24(18)19)14-16-4-6-17(25-3)7-5-16/h4-7H,8-15H2,1-3H3. The van der Waals surface area contributed by atoms with E-state index < -0.39 is 0 Å². The second-order valence-electron chi connectivity index (χ2n) is 6.91. The first-order valence-corrected chi connectivity index (χ1v) is 9.14. The maximum atomic E-state index is 5.75. The van der Waals surface area contributed by atoms with Gasteiger partial charge in [-0.15, -0.1) is 10.2 Å². The molecular weight excluding hydrogens is 330 g/mol. The molecule has 0 fully saturated rings. The summed E-state index contributed by atoms with van der Waals surface area (Å²) in [7, 11) is 5.79. The zero-order valence-corrected chi connectivity index (χ0v) is 16.0. The van der Waals surface area contributed by atoms with Crippen LogP contribution in [0.2, 0.25) is 0 Å². The van der Waals surface area contributed by atoms with Crippen molar-refractivity contribution in [3.05, 3.63) is 41.5 Å². The van der Waals surface area contributed by atoms with E-state index in [1.165, 1.54) is 5.56 Å². The molecule has 0 unspecified atom stereocenters. The highest BCUT2D eigenvalue weighted by molar-refractivity contribution is 5.27. The second kappa shape index (κ2) is 9.12. The first-order valence-electron chi connectivity index (χ1n) is 9.14. The van der Waals surface area contributed by atoms with Crippen LogP contribution in [0.1, 0.15) is 17.2 Å². The van der Waals surface area contributed by atoms with Gasteiger partial charge in [0.25, 0.3) is 0 Å². The van der Waals surface area contributed by atoms with Crippen LogP contribution in [0.15, 0.2) is 24.3 Å². The molecule has 3 rings (SSSR count). The summed E-state index contributed by atoms with van der Waals surface area (Å²) < 4.78 is 13.2. The maximum Gasteiger partial charge on any atom is 0.159 e. The Bertz CT molecular complexity index is 684. The Hall–Kier alpha value is -1.96. The quantitative estimate of drug-likeness (QED) is 0.665. The Balaban J connectivity index is 1.53. The number of rotatable bonds is 8. The van der Waals surface area contributed by atoms with E-state index in [0.717, 1.165) is 56.5 Å². The van der Waals surface area contributed by atoms with E-state index in [-0.39, 0.29) is 0 Å². The highest BCUT2D eigenvalue weighted by atomic mass is 16.5. The molecule has 2 heterocycles. The molecule has 1 aromatic carbocycles. The van der Waals surface area contributed by atoms with Crippen LogP contribution >= 0.6 is 0 Å². The molecule has 0 atom stereocenters. The molecule has 142 valence electrons. The van der Waals surface area contributed by atoms with Gasteiger partial charge in [0.05, 0.1) is 13.7 Å². The van der Waals surface area contributed by atoms with Crippen molar-refractivity contribution in [2.75, 3.05) is 47.4 Å². The molecule has 0 radical (unpaired) electrons. The Morgan fingerprint density at radius 1 is 1.08 bits per heavy atom. The van der Waals surface area contributed by atoms with E-state index in [1.54, 1.807) is 7.11 Å². The van der Waals surface area contributed by atoms with Gasteiger partial charge in [0, 0.05) is 39.1 Å². The van der Waals surface area contributed by atoms with Gasteiger partial charge >= 0.3 is 0 Å². The lowest BCUT2D eigenvalue weighted by Gasteiger charge is -2.19. The summed E-state index contributed by atoms with van der Waals surface area (Å²) in [5.74, 6) is 2.90. The molecule has 0 N–H and O–H groups in total. The predicted molar refractivity (Wildman–Crippen MR) is 100 cm³/mol. The van der Waals surface area contributed by atoms with Gasteiger partial charge in [0.2, 0.25) is 0 Å². The van der Waals surface area contributed by atoms with Crippen LogP contribution in [-0.2, 0) is 30.9 Å². The minimum atomic E-state index is 0.527. The fraction of sp³-hybridized carbons (Fsp3) is 0.579. The average molecular weight is 359 g/mol. The summed E-state index contributed by atoms with van der Waals surface area (Å²) in [4.78, 5) is 4.58. The van der Waals surface area contributed by atoms with E-state index in [4.69, 9.17) is 9.47 Å². The number of hydrogen-bond donors (Lipinski definition) is 0. The number of benzene rings is 1. The summed E-state index contributed by atoms with van der Waals surface area (Å²) in [6, 6.07) is 8.30. The van der Waals surface area contributed by atoms with Crippen LogP contribution in [-0.4, -0.2) is 72.0 Å². The van der Waals surface area contributed by atoms with Gasteiger partial charge in [-0.1, -0.05) is 12.1 Å². The minimum Gasteiger partial charge on any atom is -0.497 e. The average Bonchev–Trinajstić information content (AvgIpc) is 2.92. The summed E-state index contributed by atoms with van der Waals surface area (Å²) >= 11 is 0. The first-order chi connectivity index (χ1) is 12.7. The van der Waals surface area contributed by atoms with Crippen molar-refractivity contribution in [2.45, 2.75) is 26.1 Å². The Morgan fingerprint density at radius 2 is 1.88 bits per heavy atom. The van der Waals surface area contributed by atoms with Crippen LogP contribution in [0.3, 0.4) is 0 Å². The fourth-order valence-electron chi connectivity index (χ4n) is 3.09. The number of likely N-dealkylation sites (N-methyl/N-ethyl adjacent to an activating group) is 1. The Labute approximate surface area is 155 Å². The summed E-state index contributed by atoms with van der Waals surface area (Å²) in [5.41, 5.74) is 1.30. The third-order valence-electron chi connectivity index (χ3n) is 4.67. The van der Waals surface area contributed by atoms with Crippen molar-refractivity contribution in [1.29, 1.82) is 0 Å². The van der Waals surface area contributed by atoms with Gasteiger partial charge < -0.3 is 18.9 Å². The SMILES string of the molecule is COc1ccc(CN2CCc3nnc(COCCN(C)C)n3CC2)cc1. The monoisotopic (exact) mass is 359 g/mol. The summed E-state index contributed by atoms with van der Waals surface area (Å²) in [5, 5.41) is 8.70. The molecule has 1 aliphatic heterocycles. The highest BCUT2D eigenvalue weighted by Crippen LogP contribution is 2.15. The predicted octanol–water partition coefficient (Wildman–Crippen LogP) is 1.42. The number of ether oxygens (including phenoxy) is 2. The smallest absolute Gasteiger partial charge is 0.159 e. The highest BCUT2D eigenvalue weighted by Gasteiger charge is 2.18. The third kappa shape index (κ3) is 5.03. The van der Waals surface area contributed by atoms with Crippen LogP contribution < -0.4 is 4.74 Å². The summed E-state index contributed by atoms with van der Waals surface area (Å²) in [6.07, 6.45) is 0.918. The lowest BCUT2D eigenvalue weighted by atomic mass is 10.2. The number of fused-ring (bicyclic) bond motifs is 1. The van der Waals surface area contributed by atoms with E-state index in [9.17, 15) is 0 Å². The molecule has 26 heavy (non-hydrogen) atoms. The molecule has 7 nitrogen and oxygen atoms in total. The molecule has 1 aliphatic rings. The van der Waals surface area contributed by atoms with Gasteiger partial charge in [0.1, 0.15) is 18.2 Å². The van der Waals surface area contributed by atoms with Gasteiger partial charge in [-0.2, -0.15) is 0 Å². The van der Waals surface area contributed by atoms with Crippen LogP contribution in [0.4, 0.5) is 0 Å². The number of aromatic nitrogens is 3. The molecule has 0 amide bonds. The molecule has 0 saturated heterocycles. The molecular formula is C19H29N5O2. The van der Waals surface area contributed by atoms with Gasteiger partial charge in [-0.25, -0.2) is 0 Å². The zero-order chi connectivity index (χ0) is 18.4. The van der Waals surface area contributed by atoms with Crippen LogP contribution in [0.5, 0.6) is 5.75 Å². The van der Waals surface area contributed by atoms with Crippen molar-refractivity contribution in [3.8, 4) is 5.75 Å². The maximum absolute atomic E-state index is 5.75. The Kier molecular flexibility index (Phi) is 6.60. The van der Waals surface area contributed by atoms with E-state index >= 15 is 0 Å². The van der Waals surface area contributed by atoms with Crippen LogP contribution in [0, 0.1) is 0 Å². The lowest BCUT2D eigenvalue weighted by Crippen LogP contribution is -2.26. The van der Waals surface area contributed by atoms with Gasteiger partial charge in [0.15, 0.2) is 5.82 Å². The largest absolute Gasteiger partial charge is 0.497 e. The first kappa shape index (κ1) is 18.8. The summed E-state index contributed by atoms with van der Waals surface area (Å²) in [6.45, 7) is 5.98. The van der Waals surface area contributed by atoms with E-state index in [1.807, 2.05) is 26.2 Å². The van der Waals surface area contributed by atoms with E-state index in [2.05, 4.69) is 36.7 Å². The van der Waals surface area contributed by atoms with Crippen molar-refractivity contribution in [3.63, 3.8) is 0 Å². The zero-order valence-electron chi connectivity index (χ0n) is 16.0. The number of nitrogens with zero attached hydrogens (tertiary/aromatic N) is 5. The van der Waals surface area contributed by atoms with Crippen molar-refractivity contribution in [2.24, 2.45) is 0 Å². The lowest BCUT2D eigenvalue weighted by molar-refractivity contribution is 0.0978. The van der Waals surface area contributed by atoms with Crippen LogP contribution in [0.25, 0.3) is 0 Å². The van der Waals surface area contributed by atoms with Crippen molar-refractivity contribution < 1.29 is 9.47 Å². The van der Waals surface area contributed by atoms with Crippen molar-refractivity contribution >= 4 is 0 Å². The fourth-order valence-corrected chi connectivity index (χ4v) is 3.09. The minimum absolute atomic E-state index is 0.527. The van der Waals surface area contributed by atoms with Gasteiger partial charge in [-0.05, 0) is 31.8 Å². The second-order valence-corrected chi connectivity index (χ2v) is 6.91. The Morgan fingerprint density at radius 3 is 2.62 bits per heavy atom. The molecule has 0 spiro atoms. The normalized spacial score (nSPS) is 15.1. The van der Waals surface area contributed by atoms with E-state index in [0.29, 0.717) is 13.2 Å². The molecule has 0 saturated carbocycles. The van der Waals surface area contributed by atoms with Crippen molar-refractivity contribution in [1.82, 2.24) is 24.6 Å². The topological polar surface area (TPSA) is 55.7 Å². The molecule has 7 heteroatoms. The number of hydrogen-bond acceptors (Lipinski definition) is 6. The molecule has 0 aliphatic carbocycles.